The number of nitrogens with zero attached hydrogens (tertiary/aromatic N) is 5. The summed E-state index contributed by atoms with van der Waals surface area (Å²) >= 11 is 0. The van der Waals surface area contributed by atoms with E-state index < -0.39 is 11.6 Å². The van der Waals surface area contributed by atoms with Crippen molar-refractivity contribution in [2.24, 2.45) is 5.73 Å². The molecule has 0 radical (unpaired) electrons. The highest BCUT2D eigenvalue weighted by Crippen LogP contribution is 2.25. The molecule has 2 aromatic heterocycles. The smallest absolute Gasteiger partial charge is 0.224 e. The van der Waals surface area contributed by atoms with Gasteiger partial charge in [0.25, 0.3) is 0 Å². The lowest BCUT2D eigenvalue weighted by molar-refractivity contribution is 0.585. The fourth-order valence-corrected chi connectivity index (χ4v) is 3.57. The summed E-state index contributed by atoms with van der Waals surface area (Å²) < 4.78 is 27.5. The molecule has 9 heteroatoms. The summed E-state index contributed by atoms with van der Waals surface area (Å²) in [6.07, 6.45) is 3.97. The molecule has 0 aliphatic rings. The van der Waals surface area contributed by atoms with E-state index in [0.29, 0.717) is 24.1 Å². The Kier molecular flexibility index (Phi) is 7.03. The first-order valence-electron chi connectivity index (χ1n) is 10.8. The minimum Gasteiger partial charge on any atom is -0.351 e. The van der Waals surface area contributed by atoms with Gasteiger partial charge in [0.1, 0.15) is 23.3 Å². The molecular weight excluding hydrogens is 436 g/mol. The monoisotopic (exact) mass is 461 g/mol. The first kappa shape index (κ1) is 23.2. The second-order valence-electron chi connectivity index (χ2n) is 7.93. The second kappa shape index (κ2) is 10.3. The van der Waals surface area contributed by atoms with Gasteiger partial charge in [-0.1, -0.05) is 24.3 Å². The lowest BCUT2D eigenvalue weighted by Crippen LogP contribution is -2.21. The summed E-state index contributed by atoms with van der Waals surface area (Å²) in [5.41, 5.74) is 8.13. The van der Waals surface area contributed by atoms with E-state index in [1.54, 1.807) is 30.3 Å². The highest BCUT2D eigenvalue weighted by atomic mass is 19.1. The highest BCUT2D eigenvalue weighted by Gasteiger charge is 2.14. The molecule has 3 N–H and O–H groups in total. The van der Waals surface area contributed by atoms with Gasteiger partial charge in [-0.3, -0.25) is 0 Å². The van der Waals surface area contributed by atoms with E-state index >= 15 is 0 Å². The van der Waals surface area contributed by atoms with Gasteiger partial charge in [0.15, 0.2) is 5.82 Å². The predicted molar refractivity (Wildman–Crippen MR) is 129 cm³/mol. The van der Waals surface area contributed by atoms with E-state index in [1.807, 2.05) is 12.1 Å². The molecule has 7 nitrogen and oxygen atoms in total. The predicted octanol–water partition coefficient (Wildman–Crippen LogP) is 4.48. The number of rotatable bonds is 8. The number of hydrogen-bond acceptors (Lipinski definition) is 7. The molecule has 4 rings (SSSR count). The SMILES string of the molecule is CC(Cc1cccc(CN)c1)Nc1nccc(N(C)c2ccnc(-c3ccc(F)cc3F)n2)n1. The summed E-state index contributed by atoms with van der Waals surface area (Å²) in [7, 11) is 1.79. The molecule has 1 atom stereocenters. The van der Waals surface area contributed by atoms with Gasteiger partial charge in [0.05, 0.1) is 5.56 Å². The van der Waals surface area contributed by atoms with Crippen molar-refractivity contribution in [1.29, 1.82) is 0 Å². The Bertz CT molecular complexity index is 1280. The van der Waals surface area contributed by atoms with Crippen molar-refractivity contribution in [3.63, 3.8) is 0 Å². The Labute approximate surface area is 196 Å². The first-order valence-corrected chi connectivity index (χ1v) is 10.8. The molecule has 0 aliphatic heterocycles. The van der Waals surface area contributed by atoms with Crippen LogP contribution < -0.4 is 16.0 Å². The van der Waals surface area contributed by atoms with Crippen LogP contribution in [0, 0.1) is 11.6 Å². The topological polar surface area (TPSA) is 92.8 Å². The zero-order valence-corrected chi connectivity index (χ0v) is 18.9. The minimum absolute atomic E-state index is 0.0840. The molecule has 0 spiro atoms. The molecule has 0 amide bonds. The molecule has 174 valence electrons. The van der Waals surface area contributed by atoms with Crippen molar-refractivity contribution in [3.8, 4) is 11.4 Å². The molecule has 0 saturated heterocycles. The Morgan fingerprint density at radius 1 is 0.941 bits per heavy atom. The average molecular weight is 462 g/mol. The maximum Gasteiger partial charge on any atom is 0.224 e. The Hall–Kier alpha value is -3.98. The van der Waals surface area contributed by atoms with Gasteiger partial charge in [-0.05, 0) is 48.7 Å². The average Bonchev–Trinajstić information content (AvgIpc) is 2.84. The van der Waals surface area contributed by atoms with Crippen molar-refractivity contribution in [2.45, 2.75) is 25.9 Å². The molecule has 0 aliphatic carbocycles. The molecule has 1 unspecified atom stereocenters. The zero-order chi connectivity index (χ0) is 24.1. The van der Waals surface area contributed by atoms with Crippen LogP contribution in [0.25, 0.3) is 11.4 Å². The molecule has 0 fully saturated rings. The van der Waals surface area contributed by atoms with Crippen LogP contribution in [0.5, 0.6) is 0 Å². The fourth-order valence-electron chi connectivity index (χ4n) is 3.57. The number of nitrogens with one attached hydrogen (secondary N) is 1. The van der Waals surface area contributed by atoms with E-state index in [-0.39, 0.29) is 17.4 Å². The van der Waals surface area contributed by atoms with Gasteiger partial charge in [0.2, 0.25) is 5.95 Å². The number of anilines is 3. The number of aromatic nitrogens is 4. The Morgan fingerprint density at radius 2 is 1.68 bits per heavy atom. The van der Waals surface area contributed by atoms with Crippen LogP contribution in [0.2, 0.25) is 0 Å². The normalized spacial score (nSPS) is 11.8. The van der Waals surface area contributed by atoms with Crippen molar-refractivity contribution in [1.82, 2.24) is 19.9 Å². The molecule has 0 saturated carbocycles. The maximum absolute atomic E-state index is 14.2. The number of halogens is 2. The van der Waals surface area contributed by atoms with Crippen LogP contribution in [0.15, 0.2) is 67.0 Å². The van der Waals surface area contributed by atoms with Crippen LogP contribution >= 0.6 is 0 Å². The Balaban J connectivity index is 1.50. The van der Waals surface area contributed by atoms with Crippen LogP contribution in [0.4, 0.5) is 26.4 Å². The minimum atomic E-state index is -0.723. The largest absolute Gasteiger partial charge is 0.351 e. The van der Waals surface area contributed by atoms with Crippen LogP contribution in [-0.4, -0.2) is 33.0 Å². The number of nitrogens with two attached hydrogens (primary N) is 1. The van der Waals surface area contributed by atoms with Crippen molar-refractivity contribution < 1.29 is 8.78 Å². The number of hydrogen-bond donors (Lipinski definition) is 2. The summed E-state index contributed by atoms with van der Waals surface area (Å²) in [5.74, 6) is 0.355. The third kappa shape index (κ3) is 5.49. The third-order valence-corrected chi connectivity index (χ3v) is 5.29. The summed E-state index contributed by atoms with van der Waals surface area (Å²) in [5, 5.41) is 3.33. The van der Waals surface area contributed by atoms with Gasteiger partial charge in [-0.15, -0.1) is 0 Å². The van der Waals surface area contributed by atoms with Crippen LogP contribution in [0.1, 0.15) is 18.1 Å². The van der Waals surface area contributed by atoms with Crippen molar-refractivity contribution in [3.05, 3.63) is 89.8 Å². The standard InChI is InChI=1S/C25H25F2N7/c1-16(12-17-4-3-5-18(13-17)15-28)31-25-30-11-9-23(33-25)34(2)22-8-10-29-24(32-22)20-7-6-19(26)14-21(20)27/h3-11,13-14,16H,12,15,28H2,1-2H3,(H,30,31,33). The van der Waals surface area contributed by atoms with E-state index in [0.717, 1.165) is 18.1 Å². The van der Waals surface area contributed by atoms with E-state index in [9.17, 15) is 8.78 Å². The number of benzene rings is 2. The summed E-state index contributed by atoms with van der Waals surface area (Å²) in [6.45, 7) is 2.56. The lowest BCUT2D eigenvalue weighted by atomic mass is 10.0. The van der Waals surface area contributed by atoms with Gasteiger partial charge in [-0.25, -0.2) is 23.7 Å². The van der Waals surface area contributed by atoms with E-state index in [2.05, 4.69) is 44.3 Å². The van der Waals surface area contributed by atoms with Gasteiger partial charge >= 0.3 is 0 Å². The molecule has 34 heavy (non-hydrogen) atoms. The van der Waals surface area contributed by atoms with Gasteiger partial charge in [-0.2, -0.15) is 4.98 Å². The van der Waals surface area contributed by atoms with E-state index in [1.165, 1.54) is 23.9 Å². The lowest BCUT2D eigenvalue weighted by Gasteiger charge is -2.19. The third-order valence-electron chi connectivity index (χ3n) is 5.29. The zero-order valence-electron chi connectivity index (χ0n) is 18.9. The molecule has 2 aromatic carbocycles. The second-order valence-corrected chi connectivity index (χ2v) is 7.93. The quantitative estimate of drug-likeness (QED) is 0.400. The molecule has 4 aromatic rings. The van der Waals surface area contributed by atoms with Crippen molar-refractivity contribution >= 4 is 17.6 Å². The van der Waals surface area contributed by atoms with Gasteiger partial charge in [0, 0.05) is 38.1 Å². The highest BCUT2D eigenvalue weighted by molar-refractivity contribution is 5.61. The van der Waals surface area contributed by atoms with E-state index in [4.69, 9.17) is 5.73 Å². The maximum atomic E-state index is 14.2. The first-order chi connectivity index (χ1) is 16.4. The summed E-state index contributed by atoms with van der Waals surface area (Å²) in [6, 6.07) is 15.0. The molecule has 2 heterocycles. The summed E-state index contributed by atoms with van der Waals surface area (Å²) in [4.78, 5) is 19.2. The molecular formula is C25H25F2N7. The van der Waals surface area contributed by atoms with Crippen molar-refractivity contribution in [2.75, 3.05) is 17.3 Å². The van der Waals surface area contributed by atoms with Gasteiger partial charge < -0.3 is 16.0 Å². The van der Waals surface area contributed by atoms with Crippen LogP contribution in [-0.2, 0) is 13.0 Å². The Morgan fingerprint density at radius 3 is 2.44 bits per heavy atom. The molecule has 0 bridgehead atoms. The van der Waals surface area contributed by atoms with Crippen LogP contribution in [0.3, 0.4) is 0 Å². The fraction of sp³-hybridized carbons (Fsp3) is 0.200.